The number of aryl methyl sites for hydroxylation is 2. The van der Waals surface area contributed by atoms with Gasteiger partial charge in [-0.15, -0.1) is 0 Å². The van der Waals surface area contributed by atoms with Crippen molar-refractivity contribution in [1.29, 1.82) is 0 Å². The maximum absolute atomic E-state index is 12.1. The third kappa shape index (κ3) is 3.70. The first-order valence-electron chi connectivity index (χ1n) is 5.80. The molecule has 2 rings (SSSR count). The summed E-state index contributed by atoms with van der Waals surface area (Å²) in [6, 6.07) is 11.2. The second kappa shape index (κ2) is 5.92. The van der Waals surface area contributed by atoms with E-state index in [1.165, 1.54) is 0 Å². The summed E-state index contributed by atoms with van der Waals surface area (Å²) in [7, 11) is 0. The van der Waals surface area contributed by atoms with Crippen LogP contribution in [-0.4, -0.2) is 5.91 Å². The number of carbonyl (C=O) groups excluding carboxylic acids is 1. The standard InChI is InChI=1S/C15H13ClINO/c1-9-5-10(2)7-12(6-9)18-15(19)11-3-4-14(17)13(16)8-11/h3-8H,1-2H3,(H,18,19). The third-order valence-corrected chi connectivity index (χ3v) is 4.23. The molecule has 98 valence electrons. The quantitative estimate of drug-likeness (QED) is 0.738. The summed E-state index contributed by atoms with van der Waals surface area (Å²) in [4.78, 5) is 12.1. The fraction of sp³-hybridized carbons (Fsp3) is 0.133. The third-order valence-electron chi connectivity index (χ3n) is 2.66. The van der Waals surface area contributed by atoms with E-state index in [1.807, 2.05) is 32.0 Å². The molecule has 0 saturated carbocycles. The van der Waals surface area contributed by atoms with Gasteiger partial charge >= 0.3 is 0 Å². The topological polar surface area (TPSA) is 29.1 Å². The average molecular weight is 386 g/mol. The van der Waals surface area contributed by atoms with Gasteiger partial charge < -0.3 is 5.32 Å². The summed E-state index contributed by atoms with van der Waals surface area (Å²) in [5.41, 5.74) is 3.61. The summed E-state index contributed by atoms with van der Waals surface area (Å²) < 4.78 is 0.933. The number of amides is 1. The zero-order valence-corrected chi connectivity index (χ0v) is 13.5. The molecule has 1 N–H and O–H groups in total. The minimum atomic E-state index is -0.150. The summed E-state index contributed by atoms with van der Waals surface area (Å²) in [5.74, 6) is -0.150. The van der Waals surface area contributed by atoms with E-state index >= 15 is 0 Å². The van der Waals surface area contributed by atoms with Gasteiger partial charge in [0.05, 0.1) is 5.02 Å². The molecule has 0 aromatic heterocycles. The zero-order chi connectivity index (χ0) is 14.0. The largest absolute Gasteiger partial charge is 0.322 e. The van der Waals surface area contributed by atoms with Crippen molar-refractivity contribution in [3.05, 3.63) is 61.7 Å². The summed E-state index contributed by atoms with van der Waals surface area (Å²) in [6.45, 7) is 4.01. The van der Waals surface area contributed by atoms with Crippen molar-refractivity contribution in [2.24, 2.45) is 0 Å². The van der Waals surface area contributed by atoms with Crippen LogP contribution in [0.2, 0.25) is 5.02 Å². The van der Waals surface area contributed by atoms with Crippen LogP contribution in [0.4, 0.5) is 5.69 Å². The lowest BCUT2D eigenvalue weighted by Gasteiger charge is -2.08. The first kappa shape index (κ1) is 14.3. The lowest BCUT2D eigenvalue weighted by atomic mass is 10.1. The minimum absolute atomic E-state index is 0.150. The van der Waals surface area contributed by atoms with E-state index in [0.29, 0.717) is 10.6 Å². The second-order valence-corrected chi connectivity index (χ2v) is 6.03. The average Bonchev–Trinajstić information content (AvgIpc) is 2.31. The van der Waals surface area contributed by atoms with E-state index in [-0.39, 0.29) is 5.91 Å². The predicted molar refractivity (Wildman–Crippen MR) is 88.0 cm³/mol. The Bertz CT molecular complexity index is 620. The normalized spacial score (nSPS) is 10.3. The molecule has 0 aliphatic heterocycles. The monoisotopic (exact) mass is 385 g/mol. The minimum Gasteiger partial charge on any atom is -0.322 e. The van der Waals surface area contributed by atoms with Gasteiger partial charge in [-0.2, -0.15) is 0 Å². The van der Waals surface area contributed by atoms with Crippen molar-refractivity contribution in [3.8, 4) is 0 Å². The highest BCUT2D eigenvalue weighted by molar-refractivity contribution is 14.1. The van der Waals surface area contributed by atoms with Crippen molar-refractivity contribution in [2.45, 2.75) is 13.8 Å². The van der Waals surface area contributed by atoms with Crippen LogP contribution >= 0.6 is 34.2 Å². The molecule has 0 heterocycles. The van der Waals surface area contributed by atoms with Crippen LogP contribution in [-0.2, 0) is 0 Å². The van der Waals surface area contributed by atoms with E-state index in [2.05, 4.69) is 34.0 Å². The van der Waals surface area contributed by atoms with Gasteiger partial charge in [-0.05, 0) is 77.9 Å². The molecule has 4 heteroatoms. The van der Waals surface area contributed by atoms with Crippen LogP contribution in [0.25, 0.3) is 0 Å². The Kier molecular flexibility index (Phi) is 4.47. The molecular formula is C15H13ClINO. The number of rotatable bonds is 2. The Morgan fingerprint density at radius 3 is 2.32 bits per heavy atom. The lowest BCUT2D eigenvalue weighted by molar-refractivity contribution is 0.102. The molecular weight excluding hydrogens is 373 g/mol. The van der Waals surface area contributed by atoms with Gasteiger partial charge in [0, 0.05) is 14.8 Å². The van der Waals surface area contributed by atoms with Crippen molar-refractivity contribution < 1.29 is 4.79 Å². The number of carbonyl (C=O) groups is 1. The Morgan fingerprint density at radius 2 is 1.74 bits per heavy atom. The van der Waals surface area contributed by atoms with Gasteiger partial charge in [0.15, 0.2) is 0 Å². The van der Waals surface area contributed by atoms with E-state index < -0.39 is 0 Å². The lowest BCUT2D eigenvalue weighted by Crippen LogP contribution is -2.12. The van der Waals surface area contributed by atoms with Crippen LogP contribution in [0.5, 0.6) is 0 Å². The van der Waals surface area contributed by atoms with Gasteiger partial charge in [0.1, 0.15) is 0 Å². The van der Waals surface area contributed by atoms with E-state index in [0.717, 1.165) is 20.4 Å². The molecule has 0 fully saturated rings. The van der Waals surface area contributed by atoms with Crippen molar-refractivity contribution in [2.75, 3.05) is 5.32 Å². The summed E-state index contributed by atoms with van der Waals surface area (Å²) in [6.07, 6.45) is 0. The highest BCUT2D eigenvalue weighted by Gasteiger charge is 2.08. The summed E-state index contributed by atoms with van der Waals surface area (Å²) >= 11 is 8.16. The van der Waals surface area contributed by atoms with Crippen LogP contribution in [0, 0.1) is 17.4 Å². The van der Waals surface area contributed by atoms with Gasteiger partial charge in [0.25, 0.3) is 5.91 Å². The van der Waals surface area contributed by atoms with Crippen LogP contribution < -0.4 is 5.32 Å². The smallest absolute Gasteiger partial charge is 0.255 e. The molecule has 0 saturated heterocycles. The SMILES string of the molecule is Cc1cc(C)cc(NC(=O)c2ccc(I)c(Cl)c2)c1. The highest BCUT2D eigenvalue weighted by atomic mass is 127. The molecule has 0 bridgehead atoms. The Morgan fingerprint density at radius 1 is 1.11 bits per heavy atom. The molecule has 0 aliphatic rings. The number of nitrogens with one attached hydrogen (secondary N) is 1. The van der Waals surface area contributed by atoms with Gasteiger partial charge in [-0.25, -0.2) is 0 Å². The van der Waals surface area contributed by atoms with Crippen molar-refractivity contribution in [1.82, 2.24) is 0 Å². The predicted octanol–water partition coefficient (Wildman–Crippen LogP) is 4.81. The number of benzene rings is 2. The molecule has 2 aromatic rings. The van der Waals surface area contributed by atoms with E-state index in [1.54, 1.807) is 12.1 Å². The number of hydrogen-bond donors (Lipinski definition) is 1. The Balaban J connectivity index is 2.22. The zero-order valence-electron chi connectivity index (χ0n) is 10.6. The number of halogens is 2. The molecule has 0 aliphatic carbocycles. The van der Waals surface area contributed by atoms with Crippen LogP contribution in [0.3, 0.4) is 0 Å². The molecule has 2 aromatic carbocycles. The number of hydrogen-bond acceptors (Lipinski definition) is 1. The molecule has 0 unspecified atom stereocenters. The van der Waals surface area contributed by atoms with Gasteiger partial charge in [-0.3, -0.25) is 4.79 Å². The molecule has 2 nitrogen and oxygen atoms in total. The molecule has 1 amide bonds. The molecule has 0 radical (unpaired) electrons. The first-order chi connectivity index (χ1) is 8.95. The highest BCUT2D eigenvalue weighted by Crippen LogP contribution is 2.21. The Labute approximate surface area is 131 Å². The maximum atomic E-state index is 12.1. The van der Waals surface area contributed by atoms with Gasteiger partial charge in [-0.1, -0.05) is 17.7 Å². The molecule has 0 spiro atoms. The maximum Gasteiger partial charge on any atom is 0.255 e. The van der Waals surface area contributed by atoms with E-state index in [4.69, 9.17) is 11.6 Å². The van der Waals surface area contributed by atoms with Gasteiger partial charge in [0.2, 0.25) is 0 Å². The van der Waals surface area contributed by atoms with Crippen LogP contribution in [0.1, 0.15) is 21.5 Å². The second-order valence-electron chi connectivity index (χ2n) is 4.46. The fourth-order valence-corrected chi connectivity index (χ4v) is 2.40. The molecule has 0 atom stereocenters. The number of anilines is 1. The van der Waals surface area contributed by atoms with Crippen molar-refractivity contribution in [3.63, 3.8) is 0 Å². The molecule has 19 heavy (non-hydrogen) atoms. The van der Waals surface area contributed by atoms with Crippen molar-refractivity contribution >= 4 is 45.8 Å². The fourth-order valence-electron chi connectivity index (χ4n) is 1.89. The Hall–Kier alpha value is -1.07. The van der Waals surface area contributed by atoms with Crippen LogP contribution in [0.15, 0.2) is 36.4 Å². The summed E-state index contributed by atoms with van der Waals surface area (Å²) in [5, 5.41) is 3.48. The van der Waals surface area contributed by atoms with E-state index in [9.17, 15) is 4.79 Å². The first-order valence-corrected chi connectivity index (χ1v) is 7.26.